The summed E-state index contributed by atoms with van der Waals surface area (Å²) in [6, 6.07) is 19.6. The van der Waals surface area contributed by atoms with Gasteiger partial charge in [0, 0.05) is 25.4 Å². The molecule has 0 saturated carbocycles. The quantitative estimate of drug-likeness (QED) is 0.538. The molecular weight excluding hydrogens is 404 g/mol. The number of hydrogen-bond acceptors (Lipinski definition) is 4. The molecule has 0 saturated heterocycles. The van der Waals surface area contributed by atoms with Gasteiger partial charge >= 0.3 is 5.69 Å². The summed E-state index contributed by atoms with van der Waals surface area (Å²) in [5, 5.41) is 0. The van der Waals surface area contributed by atoms with Gasteiger partial charge in [0.2, 0.25) is 5.91 Å². The molecular formula is C25H30N4O3. The molecule has 2 aromatic carbocycles. The lowest BCUT2D eigenvalue weighted by molar-refractivity contribution is -0.118. The minimum absolute atomic E-state index is 0.0263. The zero-order valence-corrected chi connectivity index (χ0v) is 18.6. The standard InChI is InChI=1S/C25H30N4O3/c1-3-5-16-29-23(26)22(24(31)27-25(29)32)28(4-2)21(30)17-20(18-12-8-6-9-13-18)19-14-10-7-11-15-19/h6-15,20H,3-5,16-17,26H2,1-2H3,(H,27,31,32). The van der Waals surface area contributed by atoms with Gasteiger partial charge in [0.15, 0.2) is 5.69 Å². The van der Waals surface area contributed by atoms with Gasteiger partial charge < -0.3 is 10.6 Å². The number of carbonyl (C=O) groups excluding carboxylic acids is 1. The third-order valence-electron chi connectivity index (χ3n) is 5.62. The van der Waals surface area contributed by atoms with E-state index in [0.717, 1.165) is 24.0 Å². The van der Waals surface area contributed by atoms with Gasteiger partial charge in [-0.3, -0.25) is 19.1 Å². The number of carbonyl (C=O) groups is 1. The number of aromatic nitrogens is 2. The average Bonchev–Trinajstić information content (AvgIpc) is 2.81. The van der Waals surface area contributed by atoms with Crippen molar-refractivity contribution in [3.63, 3.8) is 0 Å². The van der Waals surface area contributed by atoms with Crippen LogP contribution in [0.4, 0.5) is 11.5 Å². The molecule has 1 amide bonds. The number of nitrogens with one attached hydrogen (secondary N) is 1. The van der Waals surface area contributed by atoms with Crippen molar-refractivity contribution in [2.24, 2.45) is 0 Å². The zero-order chi connectivity index (χ0) is 23.1. The summed E-state index contributed by atoms with van der Waals surface area (Å²) in [5.41, 5.74) is 7.10. The van der Waals surface area contributed by atoms with Crippen LogP contribution >= 0.6 is 0 Å². The van der Waals surface area contributed by atoms with Gasteiger partial charge in [0.1, 0.15) is 5.82 Å². The summed E-state index contributed by atoms with van der Waals surface area (Å²) in [6.07, 6.45) is 1.77. The summed E-state index contributed by atoms with van der Waals surface area (Å²) >= 11 is 0. The first-order chi connectivity index (χ1) is 15.5. The first-order valence-electron chi connectivity index (χ1n) is 11.0. The summed E-state index contributed by atoms with van der Waals surface area (Å²) in [6.45, 7) is 4.43. The largest absolute Gasteiger partial charge is 0.383 e. The molecule has 0 aliphatic rings. The van der Waals surface area contributed by atoms with Gasteiger partial charge in [-0.05, 0) is 24.5 Å². The van der Waals surface area contributed by atoms with Crippen LogP contribution in [0.25, 0.3) is 0 Å². The predicted octanol–water partition coefficient (Wildman–Crippen LogP) is 3.49. The van der Waals surface area contributed by atoms with Crippen molar-refractivity contribution in [1.82, 2.24) is 9.55 Å². The van der Waals surface area contributed by atoms with Crippen molar-refractivity contribution in [3.8, 4) is 0 Å². The van der Waals surface area contributed by atoms with E-state index in [1.54, 1.807) is 6.92 Å². The Balaban J connectivity index is 1.99. The molecule has 7 nitrogen and oxygen atoms in total. The minimum Gasteiger partial charge on any atom is -0.383 e. The number of nitrogens with zero attached hydrogens (tertiary/aromatic N) is 2. The fourth-order valence-corrected chi connectivity index (χ4v) is 3.92. The van der Waals surface area contributed by atoms with E-state index in [1.807, 2.05) is 67.6 Å². The van der Waals surface area contributed by atoms with Crippen molar-refractivity contribution >= 4 is 17.4 Å². The fourth-order valence-electron chi connectivity index (χ4n) is 3.92. The Morgan fingerprint density at radius 1 is 1.00 bits per heavy atom. The van der Waals surface area contributed by atoms with Crippen LogP contribution in [0.1, 0.15) is 50.2 Å². The second kappa shape index (κ2) is 10.6. The highest BCUT2D eigenvalue weighted by molar-refractivity contribution is 5.96. The summed E-state index contributed by atoms with van der Waals surface area (Å²) in [4.78, 5) is 42.1. The fraction of sp³-hybridized carbons (Fsp3) is 0.320. The Morgan fingerprint density at radius 3 is 2.06 bits per heavy atom. The van der Waals surface area contributed by atoms with E-state index >= 15 is 0 Å². The van der Waals surface area contributed by atoms with Gasteiger partial charge in [-0.25, -0.2) is 4.79 Å². The highest BCUT2D eigenvalue weighted by Gasteiger charge is 2.26. The monoisotopic (exact) mass is 434 g/mol. The molecule has 0 spiro atoms. The Bertz CT molecular complexity index is 1110. The minimum atomic E-state index is -0.647. The summed E-state index contributed by atoms with van der Waals surface area (Å²) < 4.78 is 1.34. The van der Waals surface area contributed by atoms with Crippen molar-refractivity contribution in [1.29, 1.82) is 0 Å². The summed E-state index contributed by atoms with van der Waals surface area (Å²) in [7, 11) is 0. The summed E-state index contributed by atoms with van der Waals surface area (Å²) in [5.74, 6) is -0.383. The van der Waals surface area contributed by atoms with E-state index < -0.39 is 11.2 Å². The van der Waals surface area contributed by atoms with Crippen molar-refractivity contribution < 1.29 is 4.79 Å². The van der Waals surface area contributed by atoms with Crippen LogP contribution in [0.15, 0.2) is 70.3 Å². The van der Waals surface area contributed by atoms with E-state index in [-0.39, 0.29) is 36.3 Å². The molecule has 3 rings (SSSR count). The van der Waals surface area contributed by atoms with Crippen molar-refractivity contribution in [2.45, 2.75) is 45.6 Å². The van der Waals surface area contributed by atoms with Crippen LogP contribution in [-0.4, -0.2) is 22.0 Å². The van der Waals surface area contributed by atoms with Crippen LogP contribution in [0.2, 0.25) is 0 Å². The molecule has 0 bridgehead atoms. The van der Waals surface area contributed by atoms with Gasteiger partial charge in [-0.1, -0.05) is 74.0 Å². The lowest BCUT2D eigenvalue weighted by Crippen LogP contribution is -2.41. The molecule has 0 aliphatic heterocycles. The Morgan fingerprint density at radius 2 is 1.56 bits per heavy atom. The van der Waals surface area contributed by atoms with Gasteiger partial charge in [-0.15, -0.1) is 0 Å². The van der Waals surface area contributed by atoms with Crippen LogP contribution in [0.3, 0.4) is 0 Å². The maximum Gasteiger partial charge on any atom is 0.330 e. The van der Waals surface area contributed by atoms with E-state index in [4.69, 9.17) is 5.73 Å². The molecule has 3 aromatic rings. The molecule has 32 heavy (non-hydrogen) atoms. The lowest BCUT2D eigenvalue weighted by Gasteiger charge is -2.26. The molecule has 1 aromatic heterocycles. The number of aromatic amines is 1. The van der Waals surface area contributed by atoms with Crippen LogP contribution in [0, 0.1) is 0 Å². The number of nitrogens with two attached hydrogens (primary N) is 1. The second-order valence-electron chi connectivity index (χ2n) is 7.71. The van der Waals surface area contributed by atoms with Crippen molar-refractivity contribution in [2.75, 3.05) is 17.2 Å². The Labute approximate surface area is 187 Å². The Hall–Kier alpha value is -3.61. The van der Waals surface area contributed by atoms with Crippen LogP contribution in [-0.2, 0) is 11.3 Å². The molecule has 0 atom stereocenters. The molecule has 168 valence electrons. The van der Waals surface area contributed by atoms with Gasteiger partial charge in [-0.2, -0.15) is 0 Å². The third kappa shape index (κ3) is 4.99. The van der Waals surface area contributed by atoms with Crippen molar-refractivity contribution in [3.05, 3.63) is 92.6 Å². The Kier molecular flexibility index (Phi) is 7.65. The number of anilines is 2. The molecule has 1 heterocycles. The topological polar surface area (TPSA) is 101 Å². The number of hydrogen-bond donors (Lipinski definition) is 2. The number of amides is 1. The number of H-pyrrole nitrogens is 1. The van der Waals surface area contributed by atoms with Crippen LogP contribution < -0.4 is 21.9 Å². The molecule has 0 unspecified atom stereocenters. The van der Waals surface area contributed by atoms with Crippen LogP contribution in [0.5, 0.6) is 0 Å². The maximum absolute atomic E-state index is 13.5. The van der Waals surface area contributed by atoms with E-state index in [9.17, 15) is 14.4 Å². The molecule has 0 radical (unpaired) electrons. The van der Waals surface area contributed by atoms with Gasteiger partial charge in [0.05, 0.1) is 0 Å². The first kappa shape index (κ1) is 23.1. The molecule has 3 N–H and O–H groups in total. The first-order valence-corrected chi connectivity index (χ1v) is 11.0. The molecule has 7 heteroatoms. The van der Waals surface area contributed by atoms with E-state index in [0.29, 0.717) is 6.54 Å². The van der Waals surface area contributed by atoms with E-state index in [1.165, 1.54) is 9.47 Å². The third-order valence-corrected chi connectivity index (χ3v) is 5.62. The lowest BCUT2D eigenvalue weighted by atomic mass is 9.88. The smallest absolute Gasteiger partial charge is 0.330 e. The maximum atomic E-state index is 13.5. The van der Waals surface area contributed by atoms with E-state index in [2.05, 4.69) is 4.98 Å². The zero-order valence-electron chi connectivity index (χ0n) is 18.6. The number of unbranched alkanes of at least 4 members (excludes halogenated alkanes) is 1. The van der Waals surface area contributed by atoms with Gasteiger partial charge in [0.25, 0.3) is 5.56 Å². The SMILES string of the molecule is CCCCn1c(N)c(N(CC)C(=O)CC(c2ccccc2)c2ccccc2)c(=O)[nH]c1=O. The average molecular weight is 435 g/mol. The molecule has 0 aliphatic carbocycles. The molecule has 0 fully saturated rings. The normalized spacial score (nSPS) is 11.0. The highest BCUT2D eigenvalue weighted by atomic mass is 16.2. The second-order valence-corrected chi connectivity index (χ2v) is 7.71. The number of benzene rings is 2. The number of nitrogen functional groups attached to an aromatic ring is 1. The number of rotatable bonds is 9. The highest BCUT2D eigenvalue weighted by Crippen LogP contribution is 2.30. The predicted molar refractivity (Wildman–Crippen MR) is 128 cm³/mol.